The highest BCUT2D eigenvalue weighted by Gasteiger charge is 2.37. The highest BCUT2D eigenvalue weighted by atomic mass is 35.5. The van der Waals surface area contributed by atoms with Gasteiger partial charge in [0.1, 0.15) is 11.2 Å². The van der Waals surface area contributed by atoms with Gasteiger partial charge >= 0.3 is 5.97 Å². The number of amides is 1. The Hall–Kier alpha value is -3.03. The van der Waals surface area contributed by atoms with Gasteiger partial charge in [-0.1, -0.05) is 44.9 Å². The van der Waals surface area contributed by atoms with E-state index in [0.717, 1.165) is 41.8 Å². The minimum atomic E-state index is -0.509. The second kappa shape index (κ2) is 10.0. The minimum Gasteiger partial charge on any atom is -0.493 e. The van der Waals surface area contributed by atoms with Crippen LogP contribution in [0.1, 0.15) is 76.5 Å². The van der Waals surface area contributed by atoms with Crippen LogP contribution in [0.2, 0.25) is 5.02 Å². The summed E-state index contributed by atoms with van der Waals surface area (Å²) in [4.78, 5) is 27.1. The first-order valence-corrected chi connectivity index (χ1v) is 13.8. The molecule has 2 atom stereocenters. The number of nitrogens with one attached hydrogen (secondary N) is 2. The molecular formula is C29H31ClN2O4S. The van der Waals surface area contributed by atoms with Crippen LogP contribution in [-0.4, -0.2) is 19.0 Å². The molecule has 2 aliphatic rings. The van der Waals surface area contributed by atoms with E-state index in [2.05, 4.69) is 31.4 Å². The molecule has 8 heteroatoms. The van der Waals surface area contributed by atoms with E-state index >= 15 is 0 Å². The third-order valence-corrected chi connectivity index (χ3v) is 9.30. The summed E-state index contributed by atoms with van der Waals surface area (Å²) in [5.41, 5.74) is 3.47. The van der Waals surface area contributed by atoms with Gasteiger partial charge in [-0.15, -0.1) is 11.3 Å². The summed E-state index contributed by atoms with van der Waals surface area (Å²) in [6, 6.07) is 11.8. The summed E-state index contributed by atoms with van der Waals surface area (Å²) in [6.07, 6.45) is 3.80. The zero-order valence-corrected chi connectivity index (χ0v) is 23.0. The maximum atomic E-state index is 13.2. The van der Waals surface area contributed by atoms with Crippen LogP contribution in [0.5, 0.6) is 11.5 Å². The number of hydrogen-bond acceptors (Lipinski definition) is 6. The number of anilines is 1. The summed E-state index contributed by atoms with van der Waals surface area (Å²) in [5.74, 6) is 0.755. The zero-order valence-electron chi connectivity index (χ0n) is 21.4. The highest BCUT2D eigenvalue weighted by molar-refractivity contribution is 7.16. The van der Waals surface area contributed by atoms with Crippen LogP contribution in [0, 0.1) is 11.3 Å². The van der Waals surface area contributed by atoms with Crippen molar-refractivity contribution in [1.82, 2.24) is 5.32 Å². The van der Waals surface area contributed by atoms with Crippen molar-refractivity contribution in [2.24, 2.45) is 11.3 Å². The maximum absolute atomic E-state index is 13.2. The standard InChI is InChI=1S/C29H31ClN2O4S/c1-5-29(2,3)18-9-12-20-23(15-18)37-27-24(20)26(33)31-25(32-27)17-8-13-21(22(14-17)35-4)36-28(34)16-6-10-19(30)11-7-16/h6-8,10-11,13-14,18,25,32H,5,9,12,15H2,1-4H3,(H,31,33)/t18-,25-/m1/s1. The molecule has 2 N–H and O–H groups in total. The Morgan fingerprint density at radius 1 is 1.14 bits per heavy atom. The summed E-state index contributed by atoms with van der Waals surface area (Å²) in [7, 11) is 1.52. The Bertz CT molecular complexity index is 1350. The van der Waals surface area contributed by atoms with Crippen LogP contribution in [0.3, 0.4) is 0 Å². The van der Waals surface area contributed by atoms with Gasteiger partial charge in [-0.25, -0.2) is 4.79 Å². The lowest BCUT2D eigenvalue weighted by molar-refractivity contribution is 0.0729. The molecule has 0 fully saturated rings. The van der Waals surface area contributed by atoms with Gasteiger partial charge in [0.25, 0.3) is 5.91 Å². The number of benzene rings is 2. The molecule has 5 rings (SSSR count). The number of fused-ring (bicyclic) bond motifs is 3. The number of carbonyl (C=O) groups excluding carboxylic acids is 2. The lowest BCUT2D eigenvalue weighted by atomic mass is 9.69. The second-order valence-electron chi connectivity index (χ2n) is 10.3. The molecule has 0 radical (unpaired) electrons. The molecule has 0 bridgehead atoms. The summed E-state index contributed by atoms with van der Waals surface area (Å²) < 4.78 is 11.1. The number of esters is 1. The lowest BCUT2D eigenvalue weighted by Crippen LogP contribution is -2.38. The number of thiophene rings is 1. The molecule has 3 aromatic rings. The lowest BCUT2D eigenvalue weighted by Gasteiger charge is -2.36. The van der Waals surface area contributed by atoms with Crippen LogP contribution in [0.25, 0.3) is 0 Å². The fourth-order valence-electron chi connectivity index (χ4n) is 5.11. The molecule has 0 unspecified atom stereocenters. The number of carbonyl (C=O) groups is 2. The van der Waals surface area contributed by atoms with Gasteiger partial charge in [-0.2, -0.15) is 0 Å². The molecule has 194 valence electrons. The molecule has 37 heavy (non-hydrogen) atoms. The van der Waals surface area contributed by atoms with Gasteiger partial charge in [0.2, 0.25) is 0 Å². The first-order chi connectivity index (χ1) is 17.7. The molecule has 1 amide bonds. The quantitative estimate of drug-likeness (QED) is 0.260. The van der Waals surface area contributed by atoms with E-state index < -0.39 is 12.1 Å². The van der Waals surface area contributed by atoms with E-state index in [1.165, 1.54) is 17.6 Å². The maximum Gasteiger partial charge on any atom is 0.343 e. The molecule has 0 saturated heterocycles. The van der Waals surface area contributed by atoms with E-state index in [4.69, 9.17) is 21.1 Å². The smallest absolute Gasteiger partial charge is 0.343 e. The number of hydrogen-bond donors (Lipinski definition) is 2. The van der Waals surface area contributed by atoms with E-state index in [0.29, 0.717) is 28.0 Å². The second-order valence-corrected chi connectivity index (χ2v) is 11.9. The van der Waals surface area contributed by atoms with Crippen molar-refractivity contribution >= 4 is 39.8 Å². The van der Waals surface area contributed by atoms with Crippen molar-refractivity contribution in [2.45, 2.75) is 52.6 Å². The number of rotatable bonds is 6. The van der Waals surface area contributed by atoms with E-state index in [9.17, 15) is 9.59 Å². The average molecular weight is 539 g/mol. The SMILES string of the molecule is CCC(C)(C)[C@@H]1CCc2c(sc3c2C(=O)N[C@@H](c2ccc(OC(=O)c4ccc(Cl)cc4)c(OC)c2)N3)C1. The predicted molar refractivity (Wildman–Crippen MR) is 147 cm³/mol. The van der Waals surface area contributed by atoms with Gasteiger partial charge in [-0.3, -0.25) is 4.79 Å². The zero-order chi connectivity index (χ0) is 26.3. The summed E-state index contributed by atoms with van der Waals surface area (Å²) in [6.45, 7) is 6.95. The van der Waals surface area contributed by atoms with E-state index in [-0.39, 0.29) is 11.3 Å². The topological polar surface area (TPSA) is 76.7 Å². The fraction of sp³-hybridized carbons (Fsp3) is 0.379. The number of halogens is 1. The summed E-state index contributed by atoms with van der Waals surface area (Å²) >= 11 is 7.62. The Morgan fingerprint density at radius 2 is 1.89 bits per heavy atom. The Kier molecular flexibility index (Phi) is 6.94. The van der Waals surface area contributed by atoms with Crippen LogP contribution < -0.4 is 20.1 Å². The minimum absolute atomic E-state index is 0.0540. The highest BCUT2D eigenvalue weighted by Crippen LogP contribution is 2.47. The van der Waals surface area contributed by atoms with Gasteiger partial charge < -0.3 is 20.1 Å². The van der Waals surface area contributed by atoms with Gasteiger partial charge in [-0.05, 0) is 78.1 Å². The van der Waals surface area contributed by atoms with E-state index in [1.807, 2.05) is 6.07 Å². The van der Waals surface area contributed by atoms with Crippen LogP contribution in [0.15, 0.2) is 42.5 Å². The van der Waals surface area contributed by atoms with Gasteiger partial charge in [0, 0.05) is 9.90 Å². The van der Waals surface area contributed by atoms with Crippen molar-refractivity contribution in [2.75, 3.05) is 12.4 Å². The summed E-state index contributed by atoms with van der Waals surface area (Å²) in [5, 5.41) is 8.09. The Labute approximate surface area is 226 Å². The molecule has 0 spiro atoms. The predicted octanol–water partition coefficient (Wildman–Crippen LogP) is 7.02. The van der Waals surface area contributed by atoms with Crippen molar-refractivity contribution in [1.29, 1.82) is 0 Å². The van der Waals surface area contributed by atoms with Crippen molar-refractivity contribution in [3.8, 4) is 11.5 Å². The molecule has 1 aliphatic carbocycles. The molecule has 2 aromatic carbocycles. The Morgan fingerprint density at radius 3 is 2.59 bits per heavy atom. The first kappa shape index (κ1) is 25.6. The van der Waals surface area contributed by atoms with Crippen molar-refractivity contribution < 1.29 is 19.1 Å². The fourth-order valence-corrected chi connectivity index (χ4v) is 6.59. The number of ether oxygens (including phenoxy) is 2. The van der Waals surface area contributed by atoms with Crippen LogP contribution >= 0.6 is 22.9 Å². The van der Waals surface area contributed by atoms with Crippen LogP contribution in [-0.2, 0) is 12.8 Å². The van der Waals surface area contributed by atoms with Crippen molar-refractivity contribution in [3.05, 3.63) is 74.6 Å². The molecule has 6 nitrogen and oxygen atoms in total. The monoisotopic (exact) mass is 538 g/mol. The third kappa shape index (κ3) is 4.94. The molecule has 2 heterocycles. The molecular weight excluding hydrogens is 508 g/mol. The van der Waals surface area contributed by atoms with Crippen molar-refractivity contribution in [3.63, 3.8) is 0 Å². The molecule has 1 aromatic heterocycles. The number of methoxy groups -OCH3 is 1. The largest absolute Gasteiger partial charge is 0.493 e. The third-order valence-electron chi connectivity index (χ3n) is 7.86. The van der Waals surface area contributed by atoms with Gasteiger partial charge in [0.15, 0.2) is 11.5 Å². The molecule has 0 saturated carbocycles. The average Bonchev–Trinajstić information content (AvgIpc) is 3.27. The normalized spacial score (nSPS) is 18.8. The van der Waals surface area contributed by atoms with E-state index in [1.54, 1.807) is 47.7 Å². The van der Waals surface area contributed by atoms with Gasteiger partial charge in [0.05, 0.1) is 18.2 Å². The Balaban J connectivity index is 1.36. The van der Waals surface area contributed by atoms with Crippen LogP contribution in [0.4, 0.5) is 5.00 Å². The molecule has 1 aliphatic heterocycles. The first-order valence-electron chi connectivity index (χ1n) is 12.6.